The molecule has 12 nitrogen and oxygen atoms in total. The zero-order valence-electron chi connectivity index (χ0n) is 22.2. The van der Waals surface area contributed by atoms with Gasteiger partial charge in [-0.25, -0.2) is 0 Å². The summed E-state index contributed by atoms with van der Waals surface area (Å²) in [4.78, 5) is 55.3. The van der Waals surface area contributed by atoms with Gasteiger partial charge in [-0.05, 0) is 50.1 Å². The quantitative estimate of drug-likeness (QED) is 0.0856. The van der Waals surface area contributed by atoms with Gasteiger partial charge in [0.2, 0.25) is 23.6 Å². The van der Waals surface area contributed by atoms with Gasteiger partial charge in [-0.2, -0.15) is 0 Å². The molecule has 1 aromatic carbocycles. The number of rotatable bonds is 15. The van der Waals surface area contributed by atoms with Gasteiger partial charge in [-0.1, -0.05) is 44.2 Å². The molecule has 0 radical (unpaired) electrons. The van der Waals surface area contributed by atoms with Crippen LogP contribution < -0.4 is 38.5 Å². The molecule has 0 aromatic heterocycles. The van der Waals surface area contributed by atoms with Crippen molar-refractivity contribution in [2.75, 3.05) is 13.1 Å². The SMILES string of the molecule is CC(C)C[C@H](NC(=O)[C@@H]1CCCN1)C(=O)N[C@@H](CCCN=C(N)N)C(=O)N[C@@H](Cc1ccccc1)C(N)=O. The number of carbonyl (C=O) groups excluding carboxylic acids is 4. The van der Waals surface area contributed by atoms with E-state index in [1.165, 1.54) is 0 Å². The van der Waals surface area contributed by atoms with Gasteiger partial charge in [0.25, 0.3) is 0 Å². The first-order chi connectivity index (χ1) is 18.1. The predicted molar refractivity (Wildman–Crippen MR) is 146 cm³/mol. The van der Waals surface area contributed by atoms with Crippen LogP contribution in [0.2, 0.25) is 0 Å². The zero-order valence-corrected chi connectivity index (χ0v) is 22.2. The van der Waals surface area contributed by atoms with Crippen LogP contribution in [0.3, 0.4) is 0 Å². The molecule has 0 spiro atoms. The number of guanidine groups is 1. The summed E-state index contributed by atoms with van der Waals surface area (Å²) < 4.78 is 0. The normalized spacial score (nSPS) is 17.2. The summed E-state index contributed by atoms with van der Waals surface area (Å²) in [7, 11) is 0. The Hall–Kier alpha value is -3.67. The van der Waals surface area contributed by atoms with Crippen LogP contribution in [0.4, 0.5) is 0 Å². The summed E-state index contributed by atoms with van der Waals surface area (Å²) in [6, 6.07) is 6.02. The Morgan fingerprint density at radius 3 is 2.21 bits per heavy atom. The highest BCUT2D eigenvalue weighted by Gasteiger charge is 2.31. The van der Waals surface area contributed by atoms with E-state index in [2.05, 4.69) is 26.3 Å². The van der Waals surface area contributed by atoms with Crippen molar-refractivity contribution in [3.8, 4) is 0 Å². The second kappa shape index (κ2) is 15.6. The van der Waals surface area contributed by atoms with Crippen LogP contribution in [0.25, 0.3) is 0 Å². The van der Waals surface area contributed by atoms with Crippen molar-refractivity contribution in [2.45, 2.75) is 76.5 Å². The van der Waals surface area contributed by atoms with Crippen molar-refractivity contribution < 1.29 is 19.2 Å². The molecular weight excluding hydrogens is 488 g/mol. The molecule has 0 unspecified atom stereocenters. The monoisotopic (exact) mass is 530 g/mol. The third kappa shape index (κ3) is 10.8. The highest BCUT2D eigenvalue weighted by Crippen LogP contribution is 2.11. The van der Waals surface area contributed by atoms with Gasteiger partial charge in [0.1, 0.15) is 18.1 Å². The zero-order chi connectivity index (χ0) is 28.1. The first kappa shape index (κ1) is 30.6. The van der Waals surface area contributed by atoms with Crippen LogP contribution in [0.15, 0.2) is 35.3 Å². The molecule has 4 amide bonds. The largest absolute Gasteiger partial charge is 0.370 e. The number of nitrogens with zero attached hydrogens (tertiary/aromatic N) is 1. The van der Waals surface area contributed by atoms with Crippen LogP contribution in [0.1, 0.15) is 51.5 Å². The van der Waals surface area contributed by atoms with Gasteiger partial charge in [-0.3, -0.25) is 24.2 Å². The van der Waals surface area contributed by atoms with Crippen LogP contribution in [-0.4, -0.2) is 66.8 Å². The van der Waals surface area contributed by atoms with Gasteiger partial charge < -0.3 is 38.5 Å². The standard InChI is InChI=1S/C26H42N8O4/c1-16(2)14-21(34-23(36)18-10-6-12-30-18)25(38)32-19(11-7-13-31-26(28)29)24(37)33-20(22(27)35)15-17-8-4-3-5-9-17/h3-5,8-9,16,18-21,30H,6-7,10-15H2,1-2H3,(H2,27,35)(H,32,38)(H,33,37)(H,34,36)(H4,28,29,31)/t18-,19-,20-,21-/m0/s1. The summed E-state index contributed by atoms with van der Waals surface area (Å²) in [5, 5.41) is 11.4. The van der Waals surface area contributed by atoms with E-state index in [4.69, 9.17) is 17.2 Å². The molecule has 0 bridgehead atoms. The number of nitrogens with one attached hydrogen (secondary N) is 4. The Kier molecular flexibility index (Phi) is 12.5. The lowest BCUT2D eigenvalue weighted by molar-refractivity contribution is -0.134. The average Bonchev–Trinajstić information content (AvgIpc) is 3.40. The smallest absolute Gasteiger partial charge is 0.243 e. The van der Waals surface area contributed by atoms with E-state index in [9.17, 15) is 19.2 Å². The minimum Gasteiger partial charge on any atom is -0.370 e. The van der Waals surface area contributed by atoms with Gasteiger partial charge in [0.05, 0.1) is 6.04 Å². The Morgan fingerprint density at radius 1 is 0.974 bits per heavy atom. The summed E-state index contributed by atoms with van der Waals surface area (Å²) >= 11 is 0. The van der Waals surface area contributed by atoms with E-state index in [1.807, 2.05) is 44.2 Å². The second-order valence-electron chi connectivity index (χ2n) is 10.0. The Balaban J connectivity index is 2.14. The number of amides is 4. The Labute approximate surface area is 223 Å². The molecule has 1 heterocycles. The minimum absolute atomic E-state index is 0.0769. The van der Waals surface area contributed by atoms with E-state index in [0.717, 1.165) is 18.5 Å². The third-order valence-corrected chi connectivity index (χ3v) is 6.24. The highest BCUT2D eigenvalue weighted by molar-refractivity contribution is 5.94. The topological polar surface area (TPSA) is 207 Å². The maximum atomic E-state index is 13.3. The van der Waals surface area contributed by atoms with Crippen LogP contribution in [0, 0.1) is 5.92 Å². The van der Waals surface area contributed by atoms with Gasteiger partial charge >= 0.3 is 0 Å². The molecule has 2 rings (SSSR count). The van der Waals surface area contributed by atoms with Crippen molar-refractivity contribution in [3.63, 3.8) is 0 Å². The number of hydrogen-bond acceptors (Lipinski definition) is 6. The molecule has 4 atom stereocenters. The highest BCUT2D eigenvalue weighted by atomic mass is 16.2. The number of benzene rings is 1. The molecule has 1 saturated heterocycles. The maximum Gasteiger partial charge on any atom is 0.243 e. The molecule has 1 aliphatic rings. The molecule has 10 N–H and O–H groups in total. The van der Waals surface area contributed by atoms with Gasteiger partial charge in [0.15, 0.2) is 5.96 Å². The number of nitrogens with two attached hydrogens (primary N) is 3. The first-order valence-corrected chi connectivity index (χ1v) is 13.1. The molecule has 38 heavy (non-hydrogen) atoms. The van der Waals surface area contributed by atoms with Crippen molar-refractivity contribution in [2.24, 2.45) is 28.1 Å². The van der Waals surface area contributed by atoms with Crippen molar-refractivity contribution >= 4 is 29.6 Å². The van der Waals surface area contributed by atoms with E-state index in [1.54, 1.807) is 0 Å². The van der Waals surface area contributed by atoms with Crippen LogP contribution in [0.5, 0.6) is 0 Å². The number of hydrogen-bond donors (Lipinski definition) is 7. The van der Waals surface area contributed by atoms with E-state index in [0.29, 0.717) is 19.3 Å². The van der Waals surface area contributed by atoms with Crippen molar-refractivity contribution in [3.05, 3.63) is 35.9 Å². The number of carbonyl (C=O) groups is 4. The summed E-state index contributed by atoms with van der Waals surface area (Å²) in [5.41, 5.74) is 17.2. The lowest BCUT2D eigenvalue weighted by atomic mass is 10.0. The lowest BCUT2D eigenvalue weighted by Crippen LogP contribution is -2.58. The van der Waals surface area contributed by atoms with Crippen LogP contribution in [-0.2, 0) is 25.6 Å². The van der Waals surface area contributed by atoms with Crippen molar-refractivity contribution in [1.82, 2.24) is 21.3 Å². The lowest BCUT2D eigenvalue weighted by Gasteiger charge is -2.26. The van der Waals surface area contributed by atoms with E-state index in [-0.39, 0.29) is 43.2 Å². The second-order valence-corrected chi connectivity index (χ2v) is 10.0. The summed E-state index contributed by atoms with van der Waals surface area (Å²) in [6.07, 6.45) is 2.79. The summed E-state index contributed by atoms with van der Waals surface area (Å²) in [5.74, 6) is -1.94. The molecule has 1 aliphatic heterocycles. The third-order valence-electron chi connectivity index (χ3n) is 6.24. The molecule has 210 valence electrons. The Bertz CT molecular complexity index is 959. The number of aliphatic imine (C=N–C) groups is 1. The molecule has 1 fully saturated rings. The fourth-order valence-electron chi connectivity index (χ4n) is 4.27. The molecule has 0 saturated carbocycles. The predicted octanol–water partition coefficient (Wildman–Crippen LogP) is -0.979. The summed E-state index contributed by atoms with van der Waals surface area (Å²) in [6.45, 7) is 4.90. The number of primary amides is 1. The molecule has 0 aliphatic carbocycles. The molecule has 12 heteroatoms. The Morgan fingerprint density at radius 2 is 1.63 bits per heavy atom. The van der Waals surface area contributed by atoms with E-state index >= 15 is 0 Å². The van der Waals surface area contributed by atoms with Gasteiger partial charge in [-0.15, -0.1) is 0 Å². The molecular formula is C26H42N8O4. The fraction of sp³-hybridized carbons (Fsp3) is 0.577. The molecule has 1 aromatic rings. The fourth-order valence-corrected chi connectivity index (χ4v) is 4.27. The van der Waals surface area contributed by atoms with E-state index < -0.39 is 35.8 Å². The maximum absolute atomic E-state index is 13.3. The van der Waals surface area contributed by atoms with Crippen LogP contribution >= 0.6 is 0 Å². The average molecular weight is 531 g/mol. The van der Waals surface area contributed by atoms with Gasteiger partial charge in [0, 0.05) is 13.0 Å². The van der Waals surface area contributed by atoms with Crippen molar-refractivity contribution in [1.29, 1.82) is 0 Å². The first-order valence-electron chi connectivity index (χ1n) is 13.1. The minimum atomic E-state index is -0.995.